The molecule has 1 aliphatic rings. The maximum atomic E-state index is 12.1. The number of benzene rings is 2. The van der Waals surface area contributed by atoms with Crippen molar-refractivity contribution in [2.45, 2.75) is 6.92 Å². The molecule has 114 valence electrons. The Labute approximate surface area is 133 Å². The quantitative estimate of drug-likeness (QED) is 0.894. The highest BCUT2D eigenvalue weighted by Gasteiger charge is 2.21. The molecule has 0 bridgehead atoms. The second-order valence-corrected chi connectivity index (χ2v) is 5.12. The van der Waals surface area contributed by atoms with Gasteiger partial charge in [0.05, 0.1) is 17.1 Å². The summed E-state index contributed by atoms with van der Waals surface area (Å²) in [5.74, 6) is -0.191. The molecular formula is C18H14N2O3. The average Bonchev–Trinajstić information content (AvgIpc) is 2.52. The minimum Gasteiger partial charge on any atom is -0.508 e. The van der Waals surface area contributed by atoms with Crippen LogP contribution in [0.5, 0.6) is 5.75 Å². The zero-order valence-corrected chi connectivity index (χ0v) is 12.4. The Morgan fingerprint density at radius 1 is 1.09 bits per heavy atom. The Morgan fingerprint density at radius 2 is 1.83 bits per heavy atom. The third-order valence-corrected chi connectivity index (χ3v) is 3.39. The Balaban J connectivity index is 2.14. The van der Waals surface area contributed by atoms with Crippen molar-refractivity contribution in [3.8, 4) is 5.75 Å². The Hall–Kier alpha value is -3.21. The standard InChI is InChI=1S/C18H14N2O3/c1-11(21)19-15-4-2-3-14-17(23)10-9-16(18(14)15)20-12-5-7-13(22)8-6-12/h2-10,22H,1H3,(H,19,21). The molecule has 0 heterocycles. The van der Waals surface area contributed by atoms with E-state index in [1.807, 2.05) is 0 Å². The molecule has 2 aromatic rings. The second kappa shape index (κ2) is 5.88. The van der Waals surface area contributed by atoms with E-state index in [4.69, 9.17) is 0 Å². The van der Waals surface area contributed by atoms with E-state index >= 15 is 0 Å². The molecule has 0 saturated carbocycles. The first-order chi connectivity index (χ1) is 11.0. The summed E-state index contributed by atoms with van der Waals surface area (Å²) < 4.78 is 0. The fourth-order valence-corrected chi connectivity index (χ4v) is 2.41. The third kappa shape index (κ3) is 3.03. The van der Waals surface area contributed by atoms with Crippen LogP contribution in [0.4, 0.5) is 11.4 Å². The van der Waals surface area contributed by atoms with Crippen LogP contribution in [0.3, 0.4) is 0 Å². The summed E-state index contributed by atoms with van der Waals surface area (Å²) in [4.78, 5) is 28.0. The zero-order chi connectivity index (χ0) is 16.4. The summed E-state index contributed by atoms with van der Waals surface area (Å²) in [6, 6.07) is 11.6. The number of carbonyl (C=O) groups excluding carboxylic acids is 2. The number of phenolic OH excluding ortho intramolecular Hbond substituents is 1. The molecule has 0 radical (unpaired) electrons. The van der Waals surface area contributed by atoms with Crippen LogP contribution in [0.1, 0.15) is 22.8 Å². The van der Waals surface area contributed by atoms with Gasteiger partial charge in [-0.3, -0.25) is 9.59 Å². The molecule has 2 N–H and O–H groups in total. The number of ketones is 1. The van der Waals surface area contributed by atoms with Crippen LogP contribution >= 0.6 is 0 Å². The topological polar surface area (TPSA) is 78.8 Å². The molecule has 0 aliphatic heterocycles. The maximum Gasteiger partial charge on any atom is 0.221 e. The third-order valence-electron chi connectivity index (χ3n) is 3.39. The number of phenols is 1. The van der Waals surface area contributed by atoms with Gasteiger partial charge in [0, 0.05) is 18.1 Å². The number of nitrogens with zero attached hydrogens (tertiary/aromatic N) is 1. The number of anilines is 1. The van der Waals surface area contributed by atoms with Crippen LogP contribution in [-0.2, 0) is 4.79 Å². The van der Waals surface area contributed by atoms with Crippen LogP contribution in [0.15, 0.2) is 59.6 Å². The van der Waals surface area contributed by atoms with Crippen molar-refractivity contribution in [1.29, 1.82) is 0 Å². The summed E-state index contributed by atoms with van der Waals surface area (Å²) in [6.07, 6.45) is 3.09. The lowest BCUT2D eigenvalue weighted by Gasteiger charge is -2.17. The van der Waals surface area contributed by atoms with Gasteiger partial charge in [0.25, 0.3) is 0 Å². The molecule has 5 heteroatoms. The molecular weight excluding hydrogens is 292 g/mol. The van der Waals surface area contributed by atoms with E-state index in [1.165, 1.54) is 25.1 Å². The zero-order valence-electron chi connectivity index (χ0n) is 12.4. The number of fused-ring (bicyclic) bond motifs is 1. The van der Waals surface area contributed by atoms with E-state index < -0.39 is 0 Å². The smallest absolute Gasteiger partial charge is 0.221 e. The van der Waals surface area contributed by atoms with Crippen LogP contribution in [0, 0.1) is 0 Å². The van der Waals surface area contributed by atoms with Crippen LogP contribution in [0.25, 0.3) is 0 Å². The Morgan fingerprint density at radius 3 is 2.52 bits per heavy atom. The highest BCUT2D eigenvalue weighted by molar-refractivity contribution is 6.27. The lowest BCUT2D eigenvalue weighted by atomic mass is 9.92. The summed E-state index contributed by atoms with van der Waals surface area (Å²) in [7, 11) is 0. The number of rotatable bonds is 2. The van der Waals surface area contributed by atoms with Gasteiger partial charge in [0.2, 0.25) is 5.91 Å². The van der Waals surface area contributed by atoms with Gasteiger partial charge >= 0.3 is 0 Å². The summed E-state index contributed by atoms with van der Waals surface area (Å²) in [6.45, 7) is 1.41. The first kappa shape index (κ1) is 14.7. The lowest BCUT2D eigenvalue weighted by molar-refractivity contribution is -0.114. The molecule has 0 spiro atoms. The van der Waals surface area contributed by atoms with E-state index in [1.54, 1.807) is 36.4 Å². The van der Waals surface area contributed by atoms with Gasteiger partial charge in [-0.25, -0.2) is 4.99 Å². The van der Waals surface area contributed by atoms with Crippen molar-refractivity contribution in [3.63, 3.8) is 0 Å². The number of allylic oxidation sites excluding steroid dienone is 2. The van der Waals surface area contributed by atoms with Gasteiger partial charge < -0.3 is 10.4 Å². The monoisotopic (exact) mass is 306 g/mol. The van der Waals surface area contributed by atoms with Gasteiger partial charge in [-0.1, -0.05) is 12.1 Å². The molecule has 0 aromatic heterocycles. The number of aliphatic imine (C=N–C) groups is 1. The first-order valence-electron chi connectivity index (χ1n) is 7.06. The van der Waals surface area contributed by atoms with Gasteiger partial charge in [-0.2, -0.15) is 0 Å². The second-order valence-electron chi connectivity index (χ2n) is 5.12. The summed E-state index contributed by atoms with van der Waals surface area (Å²) in [5.41, 5.74) is 2.86. The van der Waals surface area contributed by atoms with E-state index in [9.17, 15) is 14.7 Å². The molecule has 23 heavy (non-hydrogen) atoms. The van der Waals surface area contributed by atoms with Crippen LogP contribution in [-0.4, -0.2) is 22.5 Å². The fraction of sp³-hybridized carbons (Fsp3) is 0.0556. The number of aromatic hydroxyl groups is 1. The maximum absolute atomic E-state index is 12.1. The molecule has 0 unspecified atom stereocenters. The predicted octanol–water partition coefficient (Wildman–Crippen LogP) is 3.22. The van der Waals surface area contributed by atoms with E-state index in [-0.39, 0.29) is 17.4 Å². The molecule has 0 fully saturated rings. The number of hydrogen-bond acceptors (Lipinski definition) is 4. The predicted molar refractivity (Wildman–Crippen MR) is 88.5 cm³/mol. The Bertz CT molecular complexity index is 849. The van der Waals surface area contributed by atoms with Crippen molar-refractivity contribution in [3.05, 3.63) is 65.7 Å². The first-order valence-corrected chi connectivity index (χ1v) is 7.06. The minimum atomic E-state index is -0.218. The van der Waals surface area contributed by atoms with Crippen molar-refractivity contribution in [2.75, 3.05) is 5.32 Å². The van der Waals surface area contributed by atoms with E-state index in [2.05, 4.69) is 10.3 Å². The number of nitrogens with one attached hydrogen (secondary N) is 1. The fourth-order valence-electron chi connectivity index (χ4n) is 2.41. The summed E-state index contributed by atoms with van der Waals surface area (Å²) in [5, 5.41) is 12.1. The van der Waals surface area contributed by atoms with Crippen molar-refractivity contribution >= 4 is 28.8 Å². The van der Waals surface area contributed by atoms with Crippen molar-refractivity contribution in [1.82, 2.24) is 0 Å². The van der Waals surface area contributed by atoms with E-state index in [0.29, 0.717) is 28.2 Å². The average molecular weight is 306 g/mol. The number of amides is 1. The van der Waals surface area contributed by atoms with Crippen LogP contribution in [0.2, 0.25) is 0 Å². The molecule has 0 saturated heterocycles. The molecule has 1 amide bonds. The number of hydrogen-bond donors (Lipinski definition) is 2. The molecule has 3 rings (SSSR count). The van der Waals surface area contributed by atoms with E-state index in [0.717, 1.165) is 0 Å². The molecule has 2 aromatic carbocycles. The van der Waals surface area contributed by atoms with Gasteiger partial charge in [0.1, 0.15) is 5.75 Å². The highest BCUT2D eigenvalue weighted by Crippen LogP contribution is 2.28. The molecule has 0 atom stereocenters. The SMILES string of the molecule is CC(=O)Nc1cccc2c1C(=Nc1ccc(O)cc1)C=CC2=O. The van der Waals surface area contributed by atoms with Gasteiger partial charge in [-0.15, -0.1) is 0 Å². The van der Waals surface area contributed by atoms with Gasteiger partial charge in [-0.05, 0) is 42.5 Å². The number of carbonyl (C=O) groups is 2. The van der Waals surface area contributed by atoms with Crippen molar-refractivity contribution in [2.24, 2.45) is 4.99 Å². The summed E-state index contributed by atoms with van der Waals surface area (Å²) >= 11 is 0. The highest BCUT2D eigenvalue weighted by atomic mass is 16.3. The largest absolute Gasteiger partial charge is 0.508 e. The minimum absolute atomic E-state index is 0.128. The lowest BCUT2D eigenvalue weighted by Crippen LogP contribution is -2.17. The van der Waals surface area contributed by atoms with Crippen molar-refractivity contribution < 1.29 is 14.7 Å². The van der Waals surface area contributed by atoms with Gasteiger partial charge in [0.15, 0.2) is 5.78 Å². The molecule has 1 aliphatic carbocycles. The molecule has 5 nitrogen and oxygen atoms in total. The Kier molecular flexibility index (Phi) is 3.76. The normalized spacial score (nSPS) is 14.7. The van der Waals surface area contributed by atoms with Crippen LogP contribution < -0.4 is 5.32 Å².